The minimum Gasteiger partial charge on any atom is -0.394 e. The Morgan fingerprint density at radius 1 is 0.320 bits per heavy atom. The van der Waals surface area contributed by atoms with Crippen LogP contribution in [0.25, 0.3) is 0 Å². The predicted molar refractivity (Wildman–Crippen MR) is 330 cm³/mol. The van der Waals surface area contributed by atoms with E-state index in [4.69, 9.17) is 0 Å². The Bertz CT molecular complexity index is 1190. The number of nitrogens with one attached hydrogen (secondary N) is 1. The van der Waals surface area contributed by atoms with E-state index in [9.17, 15) is 25.2 Å². The minimum absolute atomic E-state index is 0.362. The van der Waals surface area contributed by atoms with E-state index in [1.165, 1.54) is 295 Å². The van der Waals surface area contributed by atoms with Crippen LogP contribution in [0.2, 0.25) is 0 Å². The molecule has 6 heteroatoms. The Balaban J connectivity index is 3.60. The molecule has 1 amide bonds. The Labute approximate surface area is 468 Å². The van der Waals surface area contributed by atoms with Crippen LogP contribution in [0.1, 0.15) is 367 Å². The Kier molecular flexibility index (Phi) is 62.1. The van der Waals surface area contributed by atoms with Gasteiger partial charge in [0.1, 0.15) is 12.2 Å². The van der Waals surface area contributed by atoms with E-state index < -0.39 is 36.9 Å². The van der Waals surface area contributed by atoms with Gasteiger partial charge in [-0.2, -0.15) is 0 Å². The van der Waals surface area contributed by atoms with Gasteiger partial charge in [0, 0.05) is 0 Å². The second-order valence-electron chi connectivity index (χ2n) is 23.5. The number of aliphatic hydroxyl groups is 4. The topological polar surface area (TPSA) is 110 Å². The van der Waals surface area contributed by atoms with Gasteiger partial charge in [0.2, 0.25) is 5.91 Å². The van der Waals surface area contributed by atoms with Gasteiger partial charge in [0.25, 0.3) is 0 Å². The molecule has 0 aliphatic carbocycles. The Morgan fingerprint density at radius 3 is 0.840 bits per heavy atom. The summed E-state index contributed by atoms with van der Waals surface area (Å²) in [5.74, 6) is -0.592. The molecule has 0 aliphatic rings. The van der Waals surface area contributed by atoms with Crippen LogP contribution in [0.3, 0.4) is 0 Å². The molecule has 0 spiro atoms. The molecule has 0 saturated carbocycles. The first-order valence-electron chi connectivity index (χ1n) is 33.9. The van der Waals surface area contributed by atoms with Gasteiger partial charge < -0.3 is 25.7 Å². The summed E-state index contributed by atoms with van der Waals surface area (Å²) in [6.07, 6.45) is 81.2. The average Bonchev–Trinajstić information content (AvgIpc) is 3.42. The van der Waals surface area contributed by atoms with Crippen LogP contribution in [0.5, 0.6) is 0 Å². The van der Waals surface area contributed by atoms with Crippen molar-refractivity contribution in [2.75, 3.05) is 6.61 Å². The second-order valence-corrected chi connectivity index (χ2v) is 23.5. The van der Waals surface area contributed by atoms with E-state index in [-0.39, 0.29) is 0 Å². The highest BCUT2D eigenvalue weighted by atomic mass is 16.3. The molecule has 0 fully saturated rings. The average molecular weight is 1060 g/mol. The van der Waals surface area contributed by atoms with E-state index in [1.54, 1.807) is 0 Å². The van der Waals surface area contributed by atoms with Crippen LogP contribution >= 0.6 is 0 Å². The summed E-state index contributed by atoms with van der Waals surface area (Å²) >= 11 is 0. The van der Waals surface area contributed by atoms with Crippen LogP contribution in [0.4, 0.5) is 0 Å². The largest absolute Gasteiger partial charge is 0.394 e. The molecule has 0 aromatic heterocycles. The van der Waals surface area contributed by atoms with Gasteiger partial charge in [-0.1, -0.05) is 326 Å². The molecule has 6 nitrogen and oxygen atoms in total. The number of hydrogen-bond acceptors (Lipinski definition) is 5. The lowest BCUT2D eigenvalue weighted by Gasteiger charge is -2.27. The quantitative estimate of drug-likeness (QED) is 0.0308. The summed E-state index contributed by atoms with van der Waals surface area (Å²) in [5.41, 5.74) is 0. The highest BCUT2D eigenvalue weighted by Crippen LogP contribution is 2.19. The van der Waals surface area contributed by atoms with E-state index in [1.807, 2.05) is 0 Å². The third-order valence-electron chi connectivity index (χ3n) is 16.1. The van der Waals surface area contributed by atoms with E-state index in [0.29, 0.717) is 19.3 Å². The zero-order valence-electron chi connectivity index (χ0n) is 50.6. The van der Waals surface area contributed by atoms with E-state index >= 15 is 0 Å². The Hall–Kier alpha value is -1.47. The molecule has 4 unspecified atom stereocenters. The number of amides is 1. The fourth-order valence-corrected chi connectivity index (χ4v) is 10.8. The molecule has 0 radical (unpaired) electrons. The maximum atomic E-state index is 12.6. The number of carbonyl (C=O) groups excluding carboxylic acids is 1. The molecule has 4 atom stereocenters. The number of rotatable bonds is 63. The highest BCUT2D eigenvalue weighted by Gasteiger charge is 2.28. The van der Waals surface area contributed by atoms with Crippen LogP contribution in [-0.4, -0.2) is 57.3 Å². The van der Waals surface area contributed by atoms with Crippen molar-refractivity contribution < 1.29 is 25.2 Å². The molecule has 0 aromatic carbocycles. The first-order chi connectivity index (χ1) is 37.0. The summed E-state index contributed by atoms with van der Waals surface area (Å²) in [6.45, 7) is 4.09. The lowest BCUT2D eigenvalue weighted by atomic mass is 10.00. The molecule has 0 aromatic rings. The summed E-state index contributed by atoms with van der Waals surface area (Å²) in [7, 11) is 0. The van der Waals surface area contributed by atoms with Gasteiger partial charge in [-0.25, -0.2) is 0 Å². The number of hydrogen-bond donors (Lipinski definition) is 5. The van der Waals surface area contributed by atoms with Crippen molar-refractivity contribution in [3.8, 4) is 0 Å². The van der Waals surface area contributed by atoms with Crippen molar-refractivity contribution in [1.29, 1.82) is 0 Å². The molecule has 75 heavy (non-hydrogen) atoms. The first kappa shape index (κ1) is 73.5. The van der Waals surface area contributed by atoms with Gasteiger partial charge in [0.15, 0.2) is 0 Å². The number of unbranched alkanes of at least 4 members (excludes halogenated alkanes) is 48. The zero-order chi connectivity index (χ0) is 54.4. The lowest BCUT2D eigenvalue weighted by molar-refractivity contribution is -0.132. The van der Waals surface area contributed by atoms with Crippen molar-refractivity contribution in [2.45, 2.75) is 391 Å². The van der Waals surface area contributed by atoms with Crippen molar-refractivity contribution >= 4 is 5.91 Å². The van der Waals surface area contributed by atoms with Crippen LogP contribution in [0, 0.1) is 0 Å². The first-order valence-corrected chi connectivity index (χ1v) is 33.9. The second kappa shape index (κ2) is 63.4. The molecule has 0 bridgehead atoms. The van der Waals surface area contributed by atoms with Gasteiger partial charge in [-0.15, -0.1) is 0 Å². The van der Waals surface area contributed by atoms with Crippen molar-refractivity contribution in [3.63, 3.8) is 0 Å². The standard InChI is InChI=1S/C69H133NO5/c1-3-5-7-9-11-13-15-17-19-21-23-25-27-29-31-32-33-34-35-37-39-41-43-45-47-49-51-53-55-57-59-61-63-67(73)69(75)70-65(64-71)68(74)66(72)62-60-58-56-54-52-50-48-46-44-42-40-38-36-30-28-26-24-22-20-18-16-14-12-10-8-6-4-2/h29,31,46,48,54,56,65-68,71-74H,3-28,30,32-45,47,49-53,55,57-64H2,1-2H3,(H,70,75)/b31-29-,48-46+,56-54+. The molecular formula is C69H133NO5. The molecular weight excluding hydrogens is 923 g/mol. The van der Waals surface area contributed by atoms with E-state index in [2.05, 4.69) is 55.6 Å². The van der Waals surface area contributed by atoms with Gasteiger partial charge in [0.05, 0.1) is 18.8 Å². The van der Waals surface area contributed by atoms with Gasteiger partial charge in [-0.3, -0.25) is 4.79 Å². The van der Waals surface area contributed by atoms with Crippen LogP contribution < -0.4 is 5.32 Å². The maximum absolute atomic E-state index is 12.6. The van der Waals surface area contributed by atoms with Crippen molar-refractivity contribution in [2.24, 2.45) is 0 Å². The Morgan fingerprint density at radius 2 is 0.560 bits per heavy atom. The maximum Gasteiger partial charge on any atom is 0.249 e. The summed E-state index contributed by atoms with van der Waals surface area (Å²) in [5, 5.41) is 44.1. The lowest BCUT2D eigenvalue weighted by Crippen LogP contribution is -2.53. The number of carbonyl (C=O) groups is 1. The molecule has 5 N–H and O–H groups in total. The third-order valence-corrected chi connectivity index (χ3v) is 16.1. The fourth-order valence-electron chi connectivity index (χ4n) is 10.8. The molecule has 0 rings (SSSR count). The van der Waals surface area contributed by atoms with Crippen LogP contribution in [0.15, 0.2) is 36.5 Å². The monoisotopic (exact) mass is 1060 g/mol. The van der Waals surface area contributed by atoms with Gasteiger partial charge >= 0.3 is 0 Å². The molecule has 444 valence electrons. The fraction of sp³-hybridized carbons (Fsp3) is 0.899. The SMILES string of the molecule is CCCCCCCCCCCCCC/C=C\CCCCCCCCCCCCCCCCCCC(O)C(=O)NC(CO)C(O)C(O)CCC/C=C/CC/C=C/CCCCCCCCCCCCCCCCCCCC. The summed E-state index contributed by atoms with van der Waals surface area (Å²) < 4.78 is 0. The highest BCUT2D eigenvalue weighted by molar-refractivity contribution is 5.80. The summed E-state index contributed by atoms with van der Waals surface area (Å²) in [4.78, 5) is 12.6. The molecule has 0 aliphatic heterocycles. The minimum atomic E-state index is -1.29. The predicted octanol–water partition coefficient (Wildman–Crippen LogP) is 20.7. The smallest absolute Gasteiger partial charge is 0.249 e. The molecule has 0 heterocycles. The zero-order valence-corrected chi connectivity index (χ0v) is 50.6. The third kappa shape index (κ3) is 57.0. The summed E-state index contributed by atoms with van der Waals surface area (Å²) in [6, 6.07) is -1.01. The van der Waals surface area contributed by atoms with Crippen LogP contribution in [-0.2, 0) is 4.79 Å². The number of aliphatic hydroxyl groups excluding tert-OH is 4. The van der Waals surface area contributed by atoms with E-state index in [0.717, 1.165) is 38.5 Å². The number of allylic oxidation sites excluding steroid dienone is 6. The van der Waals surface area contributed by atoms with Crippen molar-refractivity contribution in [1.82, 2.24) is 5.32 Å². The van der Waals surface area contributed by atoms with Gasteiger partial charge in [-0.05, 0) is 77.0 Å². The van der Waals surface area contributed by atoms with Crippen molar-refractivity contribution in [3.05, 3.63) is 36.5 Å². The normalized spacial score (nSPS) is 13.7. The molecule has 0 saturated heterocycles.